The molecule has 0 atom stereocenters. The zero-order valence-electron chi connectivity index (χ0n) is 7.63. The summed E-state index contributed by atoms with van der Waals surface area (Å²) in [5.74, 6) is 0. The summed E-state index contributed by atoms with van der Waals surface area (Å²) in [6.45, 7) is 0. The van der Waals surface area contributed by atoms with Crippen LogP contribution in [0.15, 0.2) is 46.1 Å². The fraction of sp³-hybridized carbons (Fsp3) is 0. The van der Waals surface area contributed by atoms with E-state index < -0.39 is 15.8 Å². The van der Waals surface area contributed by atoms with Crippen LogP contribution in [-0.4, -0.2) is 4.92 Å². The number of nitro groups is 1. The van der Waals surface area contributed by atoms with E-state index in [4.69, 9.17) is 11.6 Å². The minimum absolute atomic E-state index is 0.0393. The maximum Gasteiger partial charge on any atom is 0.287 e. The molecule has 1 aromatic carbocycles. The van der Waals surface area contributed by atoms with E-state index in [0.717, 1.165) is 4.90 Å². The van der Waals surface area contributed by atoms with Crippen molar-refractivity contribution in [2.75, 3.05) is 0 Å². The molecule has 0 aliphatic carbocycles. The van der Waals surface area contributed by atoms with Gasteiger partial charge in [-0.15, -0.1) is 0 Å². The maximum atomic E-state index is 10.6. The Kier molecular flexibility index (Phi) is 2.79. The zero-order chi connectivity index (χ0) is 10.8. The molecule has 0 amide bonds. The molecule has 2 rings (SSSR count). The molecule has 1 aliphatic heterocycles. The Morgan fingerprint density at radius 2 is 1.93 bits per heavy atom. The molecule has 78 valence electrons. The van der Waals surface area contributed by atoms with Gasteiger partial charge in [0.25, 0.3) is 5.69 Å². The van der Waals surface area contributed by atoms with Gasteiger partial charge in [0.05, 0.1) is 4.92 Å². The molecule has 5 heteroatoms. The number of nitrogens with zero attached hydrogens (tertiary/aromatic N) is 1. The van der Waals surface area contributed by atoms with Gasteiger partial charge in [0.1, 0.15) is 5.02 Å². The Morgan fingerprint density at radius 1 is 1.27 bits per heavy atom. The van der Waals surface area contributed by atoms with Crippen molar-refractivity contribution in [3.63, 3.8) is 0 Å². The Labute approximate surface area is 94.6 Å². The van der Waals surface area contributed by atoms with Crippen LogP contribution >= 0.6 is 22.5 Å². The van der Waals surface area contributed by atoms with Crippen LogP contribution in [0, 0.1) is 10.1 Å². The van der Waals surface area contributed by atoms with Gasteiger partial charge in [0.15, 0.2) is 0 Å². The number of thiol groups is 1. The predicted molar refractivity (Wildman–Crippen MR) is 63.6 cm³/mol. The summed E-state index contributed by atoms with van der Waals surface area (Å²) >= 11 is 5.82. The number of halogens is 1. The molecule has 0 spiro atoms. The Hall–Kier alpha value is -1.26. The maximum absolute atomic E-state index is 10.6. The fourth-order valence-electron chi connectivity index (χ4n) is 1.31. The minimum Gasteiger partial charge on any atom is -0.258 e. The van der Waals surface area contributed by atoms with Crippen molar-refractivity contribution in [3.8, 4) is 0 Å². The topological polar surface area (TPSA) is 43.1 Å². The van der Waals surface area contributed by atoms with Gasteiger partial charge in [-0.2, -0.15) is 10.9 Å². The summed E-state index contributed by atoms with van der Waals surface area (Å²) in [7, 11) is -0.456. The van der Waals surface area contributed by atoms with E-state index in [-0.39, 0.29) is 10.7 Å². The van der Waals surface area contributed by atoms with Gasteiger partial charge < -0.3 is 0 Å². The largest absolute Gasteiger partial charge is 0.287 e. The van der Waals surface area contributed by atoms with E-state index in [9.17, 15) is 10.1 Å². The molecule has 0 fully saturated rings. The van der Waals surface area contributed by atoms with Crippen LogP contribution in [0.2, 0.25) is 5.02 Å². The zero-order valence-corrected chi connectivity index (χ0v) is 9.28. The van der Waals surface area contributed by atoms with E-state index in [2.05, 4.69) is 10.8 Å². The molecule has 0 aromatic heterocycles. The lowest BCUT2D eigenvalue weighted by molar-refractivity contribution is -0.384. The summed E-state index contributed by atoms with van der Waals surface area (Å²) in [5, 5.41) is 14.9. The van der Waals surface area contributed by atoms with Crippen molar-refractivity contribution in [3.05, 3.63) is 56.3 Å². The number of allylic oxidation sites excluding steroid dienone is 2. The van der Waals surface area contributed by atoms with Gasteiger partial charge in [-0.1, -0.05) is 23.8 Å². The van der Waals surface area contributed by atoms with Gasteiger partial charge in [0.2, 0.25) is 0 Å². The summed E-state index contributed by atoms with van der Waals surface area (Å²) in [4.78, 5) is 11.1. The first-order chi connectivity index (χ1) is 7.18. The molecule has 0 bridgehead atoms. The summed E-state index contributed by atoms with van der Waals surface area (Å²) in [6.07, 6.45) is 3.95. The molecule has 0 unspecified atom stereocenters. The Morgan fingerprint density at radius 3 is 2.47 bits per heavy atom. The summed E-state index contributed by atoms with van der Waals surface area (Å²) < 4.78 is 0. The number of nitro benzene ring substituents is 1. The first kappa shape index (κ1) is 10.3. The quantitative estimate of drug-likeness (QED) is 0.488. The highest BCUT2D eigenvalue weighted by molar-refractivity contribution is 8.22. The van der Waals surface area contributed by atoms with Crippen LogP contribution in [-0.2, 0) is 0 Å². The lowest BCUT2D eigenvalue weighted by Crippen LogP contribution is -1.89. The molecule has 15 heavy (non-hydrogen) atoms. The standard InChI is InChI=1S/C10H8ClNO2S/c11-9-7-8(15-5-1-2-6-15)3-4-10(9)12(13)14/h1-7,15H. The van der Waals surface area contributed by atoms with E-state index in [1.165, 1.54) is 6.07 Å². The molecule has 0 saturated heterocycles. The smallest absolute Gasteiger partial charge is 0.258 e. The Bertz CT molecular complexity index is 458. The summed E-state index contributed by atoms with van der Waals surface area (Å²) in [6, 6.07) is 4.89. The lowest BCUT2D eigenvalue weighted by atomic mass is 10.3. The highest BCUT2D eigenvalue weighted by atomic mass is 35.5. The molecule has 0 radical (unpaired) electrons. The second-order valence-corrected chi connectivity index (χ2v) is 5.32. The highest BCUT2D eigenvalue weighted by Crippen LogP contribution is 2.43. The van der Waals surface area contributed by atoms with Gasteiger partial charge in [-0.3, -0.25) is 10.1 Å². The lowest BCUT2D eigenvalue weighted by Gasteiger charge is -2.10. The third-order valence-corrected chi connectivity index (χ3v) is 4.19. The van der Waals surface area contributed by atoms with Crippen LogP contribution in [0.5, 0.6) is 0 Å². The van der Waals surface area contributed by atoms with E-state index >= 15 is 0 Å². The molecular formula is C10H8ClNO2S. The normalized spacial score (nSPS) is 15.9. The van der Waals surface area contributed by atoms with Gasteiger partial charge in [0, 0.05) is 6.07 Å². The van der Waals surface area contributed by atoms with Crippen molar-refractivity contribution < 1.29 is 4.92 Å². The van der Waals surface area contributed by atoms with Crippen LogP contribution in [0.25, 0.3) is 0 Å². The molecule has 1 aromatic rings. The first-order valence-corrected chi connectivity index (χ1v) is 6.11. The van der Waals surface area contributed by atoms with Crippen molar-refractivity contribution in [2.45, 2.75) is 4.90 Å². The second-order valence-electron chi connectivity index (χ2n) is 2.98. The molecule has 0 saturated carbocycles. The summed E-state index contributed by atoms with van der Waals surface area (Å²) in [5.41, 5.74) is -0.0393. The van der Waals surface area contributed by atoms with Crippen LogP contribution in [0.3, 0.4) is 0 Å². The molecule has 1 aliphatic rings. The first-order valence-electron chi connectivity index (χ1n) is 4.26. The number of benzene rings is 1. The third kappa shape index (κ3) is 2.06. The van der Waals surface area contributed by atoms with Crippen LogP contribution < -0.4 is 0 Å². The number of hydrogen-bond acceptors (Lipinski definition) is 2. The third-order valence-electron chi connectivity index (χ3n) is 2.03. The van der Waals surface area contributed by atoms with E-state index in [0.29, 0.717) is 0 Å². The van der Waals surface area contributed by atoms with Crippen molar-refractivity contribution in [2.24, 2.45) is 0 Å². The van der Waals surface area contributed by atoms with Gasteiger partial charge in [-0.05, 0) is 27.8 Å². The van der Waals surface area contributed by atoms with Crippen LogP contribution in [0.1, 0.15) is 0 Å². The number of rotatable bonds is 2. The second kappa shape index (κ2) is 4.08. The minimum atomic E-state index is -0.473. The SMILES string of the molecule is O=[N+]([O-])c1ccc([SH]2C=CC=C2)cc1Cl. The van der Waals surface area contributed by atoms with Crippen LogP contribution in [0.4, 0.5) is 5.69 Å². The average Bonchev–Trinajstić information content (AvgIpc) is 2.69. The van der Waals surface area contributed by atoms with Gasteiger partial charge >= 0.3 is 0 Å². The molecular weight excluding hydrogens is 234 g/mol. The number of hydrogen-bond donors (Lipinski definition) is 1. The highest BCUT2D eigenvalue weighted by Gasteiger charge is 2.13. The molecule has 1 heterocycles. The Balaban J connectivity index is 2.37. The van der Waals surface area contributed by atoms with Crippen molar-refractivity contribution in [1.29, 1.82) is 0 Å². The molecule has 3 nitrogen and oxygen atoms in total. The average molecular weight is 242 g/mol. The van der Waals surface area contributed by atoms with E-state index in [1.54, 1.807) is 12.1 Å². The van der Waals surface area contributed by atoms with Gasteiger partial charge in [-0.25, -0.2) is 0 Å². The van der Waals surface area contributed by atoms with Crippen molar-refractivity contribution in [1.82, 2.24) is 0 Å². The molecule has 0 N–H and O–H groups in total. The van der Waals surface area contributed by atoms with E-state index in [1.807, 2.05) is 12.2 Å². The monoisotopic (exact) mass is 241 g/mol. The predicted octanol–water partition coefficient (Wildman–Crippen LogP) is 3.65. The fourth-order valence-corrected chi connectivity index (χ4v) is 3.17. The van der Waals surface area contributed by atoms with Crippen molar-refractivity contribution >= 4 is 28.2 Å².